The monoisotopic (exact) mass is 261 g/mol. The van der Waals surface area contributed by atoms with Crippen LogP contribution in [0.4, 0.5) is 5.69 Å². The van der Waals surface area contributed by atoms with E-state index in [1.165, 1.54) is 5.56 Å². The Hall–Kier alpha value is -1.18. The number of nitrogens with zero attached hydrogens (tertiary/aromatic N) is 2. The summed E-state index contributed by atoms with van der Waals surface area (Å²) in [6.07, 6.45) is 0. The Morgan fingerprint density at radius 3 is 2.83 bits per heavy atom. The standard InChI is InChI=1S/C14H19N3S/c1-2-16-11-12-3-4-14(13(9-12)10-15)17-5-7-18-8-6-17/h3-4,9,16H,2,5-8,11H2,1H3. The molecule has 1 fully saturated rings. The lowest BCUT2D eigenvalue weighted by atomic mass is 10.1. The van der Waals surface area contributed by atoms with E-state index in [4.69, 9.17) is 0 Å². The molecule has 1 heterocycles. The molecule has 1 saturated heterocycles. The highest BCUT2D eigenvalue weighted by atomic mass is 32.2. The lowest BCUT2D eigenvalue weighted by Gasteiger charge is -2.29. The minimum Gasteiger partial charge on any atom is -0.369 e. The highest BCUT2D eigenvalue weighted by Gasteiger charge is 2.14. The molecule has 1 aliphatic heterocycles. The zero-order chi connectivity index (χ0) is 12.8. The van der Waals surface area contributed by atoms with E-state index in [2.05, 4.69) is 35.3 Å². The number of nitriles is 1. The van der Waals surface area contributed by atoms with Crippen molar-refractivity contribution in [3.8, 4) is 6.07 Å². The molecule has 4 heteroatoms. The fourth-order valence-electron chi connectivity index (χ4n) is 2.13. The lowest BCUT2D eigenvalue weighted by Crippen LogP contribution is -2.33. The molecule has 1 aliphatic rings. The van der Waals surface area contributed by atoms with E-state index in [1.54, 1.807) is 0 Å². The van der Waals surface area contributed by atoms with Gasteiger partial charge < -0.3 is 10.2 Å². The van der Waals surface area contributed by atoms with Crippen molar-refractivity contribution in [2.24, 2.45) is 0 Å². The zero-order valence-electron chi connectivity index (χ0n) is 10.8. The molecule has 1 aromatic rings. The second-order valence-corrected chi connectivity index (χ2v) is 5.57. The van der Waals surface area contributed by atoms with Gasteiger partial charge in [-0.2, -0.15) is 17.0 Å². The van der Waals surface area contributed by atoms with Gasteiger partial charge in [0.15, 0.2) is 0 Å². The van der Waals surface area contributed by atoms with Crippen LogP contribution in [0.25, 0.3) is 0 Å². The molecule has 0 radical (unpaired) electrons. The summed E-state index contributed by atoms with van der Waals surface area (Å²) < 4.78 is 0. The molecule has 0 bridgehead atoms. The van der Waals surface area contributed by atoms with Gasteiger partial charge in [0, 0.05) is 31.1 Å². The zero-order valence-corrected chi connectivity index (χ0v) is 11.6. The average Bonchev–Trinajstić information content (AvgIpc) is 2.45. The molecule has 0 amide bonds. The highest BCUT2D eigenvalue weighted by molar-refractivity contribution is 7.99. The fraction of sp³-hybridized carbons (Fsp3) is 0.500. The number of hydrogen-bond acceptors (Lipinski definition) is 4. The fourth-order valence-corrected chi connectivity index (χ4v) is 3.04. The van der Waals surface area contributed by atoms with Gasteiger partial charge in [-0.15, -0.1) is 0 Å². The summed E-state index contributed by atoms with van der Waals surface area (Å²) in [4.78, 5) is 2.33. The first-order valence-electron chi connectivity index (χ1n) is 6.41. The van der Waals surface area contributed by atoms with Crippen LogP contribution in [0.2, 0.25) is 0 Å². The van der Waals surface area contributed by atoms with Crippen molar-refractivity contribution in [2.75, 3.05) is 36.0 Å². The van der Waals surface area contributed by atoms with Gasteiger partial charge in [-0.1, -0.05) is 13.0 Å². The van der Waals surface area contributed by atoms with E-state index in [1.807, 2.05) is 17.8 Å². The van der Waals surface area contributed by atoms with Gasteiger partial charge >= 0.3 is 0 Å². The van der Waals surface area contributed by atoms with Crippen LogP contribution in [0.15, 0.2) is 18.2 Å². The third kappa shape index (κ3) is 3.18. The minimum absolute atomic E-state index is 0.803. The van der Waals surface area contributed by atoms with Crippen LogP contribution in [0.1, 0.15) is 18.1 Å². The Morgan fingerprint density at radius 2 is 2.17 bits per heavy atom. The van der Waals surface area contributed by atoms with Crippen molar-refractivity contribution in [3.63, 3.8) is 0 Å². The molecule has 0 saturated carbocycles. The topological polar surface area (TPSA) is 39.1 Å². The Bertz CT molecular complexity index is 433. The maximum absolute atomic E-state index is 9.30. The van der Waals surface area contributed by atoms with Crippen LogP contribution in [0, 0.1) is 11.3 Å². The number of thioether (sulfide) groups is 1. The summed E-state index contributed by atoms with van der Waals surface area (Å²) >= 11 is 1.99. The van der Waals surface area contributed by atoms with E-state index in [9.17, 15) is 5.26 Å². The van der Waals surface area contributed by atoms with Crippen LogP contribution < -0.4 is 10.2 Å². The molecule has 18 heavy (non-hydrogen) atoms. The van der Waals surface area contributed by atoms with Crippen molar-refractivity contribution in [2.45, 2.75) is 13.5 Å². The summed E-state index contributed by atoms with van der Waals surface area (Å²) in [5.74, 6) is 2.31. The molecule has 0 spiro atoms. The predicted molar refractivity (Wildman–Crippen MR) is 78.1 cm³/mol. The first-order valence-corrected chi connectivity index (χ1v) is 7.57. The van der Waals surface area contributed by atoms with Gasteiger partial charge in [-0.25, -0.2) is 0 Å². The Balaban J connectivity index is 2.17. The quantitative estimate of drug-likeness (QED) is 0.902. The molecule has 0 aromatic heterocycles. The van der Waals surface area contributed by atoms with Crippen molar-refractivity contribution in [1.82, 2.24) is 5.32 Å². The van der Waals surface area contributed by atoms with Crippen LogP contribution in [0.5, 0.6) is 0 Å². The second-order valence-electron chi connectivity index (χ2n) is 4.34. The van der Waals surface area contributed by atoms with Crippen molar-refractivity contribution < 1.29 is 0 Å². The molecular formula is C14H19N3S. The number of anilines is 1. The van der Waals surface area contributed by atoms with Crippen molar-refractivity contribution >= 4 is 17.4 Å². The summed E-state index contributed by atoms with van der Waals surface area (Å²) in [6.45, 7) is 5.97. The van der Waals surface area contributed by atoms with Crippen molar-refractivity contribution in [1.29, 1.82) is 5.26 Å². The normalized spacial score (nSPS) is 15.4. The third-order valence-corrected chi connectivity index (χ3v) is 4.05. The van der Waals surface area contributed by atoms with Crippen LogP contribution in [-0.4, -0.2) is 31.1 Å². The second kappa shape index (κ2) is 6.67. The molecule has 0 aliphatic carbocycles. The Labute approximate surface area is 113 Å². The van der Waals surface area contributed by atoms with E-state index in [0.29, 0.717) is 0 Å². The van der Waals surface area contributed by atoms with Gasteiger partial charge in [-0.3, -0.25) is 0 Å². The molecule has 0 unspecified atom stereocenters. The maximum atomic E-state index is 9.30. The Morgan fingerprint density at radius 1 is 1.39 bits per heavy atom. The van der Waals surface area contributed by atoms with Crippen molar-refractivity contribution in [3.05, 3.63) is 29.3 Å². The number of benzene rings is 1. The van der Waals surface area contributed by atoms with Gasteiger partial charge in [0.1, 0.15) is 6.07 Å². The average molecular weight is 261 g/mol. The molecule has 1 N–H and O–H groups in total. The van der Waals surface area contributed by atoms with Gasteiger partial charge in [0.25, 0.3) is 0 Å². The SMILES string of the molecule is CCNCc1ccc(N2CCSCC2)c(C#N)c1. The largest absolute Gasteiger partial charge is 0.369 e. The van der Waals surface area contributed by atoms with E-state index >= 15 is 0 Å². The molecule has 2 rings (SSSR count). The number of rotatable bonds is 4. The summed E-state index contributed by atoms with van der Waals surface area (Å²) in [5, 5.41) is 12.6. The number of nitrogens with one attached hydrogen (secondary N) is 1. The van der Waals surface area contributed by atoms with Gasteiger partial charge in [-0.05, 0) is 24.2 Å². The molecule has 3 nitrogen and oxygen atoms in total. The van der Waals surface area contributed by atoms with E-state index in [-0.39, 0.29) is 0 Å². The summed E-state index contributed by atoms with van der Waals surface area (Å²) in [5.41, 5.74) is 3.08. The van der Waals surface area contributed by atoms with Crippen LogP contribution >= 0.6 is 11.8 Å². The third-order valence-electron chi connectivity index (χ3n) is 3.11. The molecule has 0 atom stereocenters. The van der Waals surface area contributed by atoms with Gasteiger partial charge in [0.2, 0.25) is 0 Å². The molecule has 96 valence electrons. The predicted octanol–water partition coefficient (Wildman–Crippen LogP) is 2.22. The van der Waals surface area contributed by atoms with Crippen LogP contribution in [-0.2, 0) is 6.54 Å². The first kappa shape index (κ1) is 13.3. The first-order chi connectivity index (χ1) is 8.85. The smallest absolute Gasteiger partial charge is 0.101 e. The molecular weight excluding hydrogens is 242 g/mol. The number of hydrogen-bond donors (Lipinski definition) is 1. The maximum Gasteiger partial charge on any atom is 0.101 e. The summed E-state index contributed by atoms with van der Waals surface area (Å²) in [6, 6.07) is 8.57. The van der Waals surface area contributed by atoms with Crippen LogP contribution in [0.3, 0.4) is 0 Å². The van der Waals surface area contributed by atoms with E-state index < -0.39 is 0 Å². The highest BCUT2D eigenvalue weighted by Crippen LogP contribution is 2.24. The molecule has 1 aromatic carbocycles. The van der Waals surface area contributed by atoms with E-state index in [0.717, 1.165) is 48.9 Å². The Kier molecular flexibility index (Phi) is 4.91. The van der Waals surface area contributed by atoms with Gasteiger partial charge in [0.05, 0.1) is 11.3 Å². The lowest BCUT2D eigenvalue weighted by molar-refractivity contribution is 0.726. The minimum atomic E-state index is 0.803. The summed E-state index contributed by atoms with van der Waals surface area (Å²) in [7, 11) is 0.